The van der Waals surface area contributed by atoms with Crippen molar-refractivity contribution >= 4 is 20.5 Å². The fourth-order valence-electron chi connectivity index (χ4n) is 0.332. The first kappa shape index (κ1) is 4.75. The second kappa shape index (κ2) is 2.05. The number of hydrogen-bond acceptors (Lipinski definition) is 1. The number of nitrogens with one attached hydrogen (secondary N) is 1. The fraction of sp³-hybridized carbons (Fsp3) is 0. The van der Waals surface area contributed by atoms with Crippen LogP contribution in [0.3, 0.4) is 0 Å². The quantitative estimate of drug-likeness (QED) is 0.561. The van der Waals surface area contributed by atoms with Crippen LogP contribution in [-0.4, -0.2) is 30.7 Å². The third-order valence-electron chi connectivity index (χ3n) is 0.649. The van der Waals surface area contributed by atoms with Crippen LogP contribution in [0, 0.1) is 0 Å². The predicted octanol–water partition coefficient (Wildman–Crippen LogP) is -0.272. The van der Waals surface area contributed by atoms with E-state index in [-0.39, 0.29) is 0 Å². The molecule has 1 aromatic heterocycles. The molecule has 1 aromatic rings. The first-order valence-electron chi connectivity index (χ1n) is 1.88. The van der Waals surface area contributed by atoms with Gasteiger partial charge < -0.3 is 0 Å². The van der Waals surface area contributed by atoms with Gasteiger partial charge in [0.1, 0.15) is 0 Å². The minimum absolute atomic E-state index is 1.01. The first-order valence-corrected chi connectivity index (χ1v) is 2.87. The van der Waals surface area contributed by atoms with E-state index in [1.54, 1.807) is 6.20 Å². The molecule has 0 unspecified atom stereocenters. The van der Waals surface area contributed by atoms with E-state index in [1.807, 2.05) is 11.0 Å². The van der Waals surface area contributed by atoms with E-state index < -0.39 is 0 Å². The molecule has 1 rings (SSSR count). The number of nitrogens with zero attached hydrogens (tertiary/aromatic N) is 1. The Bertz CT molecular complexity index is 145. The van der Waals surface area contributed by atoms with Gasteiger partial charge in [0.25, 0.3) is 0 Å². The molecule has 0 atom stereocenters. The van der Waals surface area contributed by atoms with E-state index in [0.29, 0.717) is 0 Å². The van der Waals surface area contributed by atoms with Crippen LogP contribution in [0.5, 0.6) is 0 Å². The van der Waals surface area contributed by atoms with Gasteiger partial charge in [-0.25, -0.2) is 0 Å². The van der Waals surface area contributed by atoms with Crippen molar-refractivity contribution in [2.45, 2.75) is 0 Å². The van der Waals surface area contributed by atoms with Crippen molar-refractivity contribution in [1.82, 2.24) is 10.2 Å². The molecule has 0 aliphatic heterocycles. The normalized spacial score (nSPS) is 8.57. The molecule has 0 aliphatic carbocycles. The van der Waals surface area contributed by atoms with Crippen LogP contribution in [0.1, 0.15) is 5.69 Å². The molecule has 2 nitrogen and oxygen atoms in total. The average Bonchev–Trinajstić information content (AvgIpc) is 2.14. The van der Waals surface area contributed by atoms with Crippen LogP contribution < -0.4 is 0 Å². The molecule has 0 aromatic carbocycles. The summed E-state index contributed by atoms with van der Waals surface area (Å²) < 4.78 is 0. The van der Waals surface area contributed by atoms with Crippen molar-refractivity contribution in [2.24, 2.45) is 0 Å². The minimum atomic E-state index is 1.01. The van der Waals surface area contributed by atoms with Gasteiger partial charge in [0.15, 0.2) is 0 Å². The summed E-state index contributed by atoms with van der Waals surface area (Å²) in [5.74, 6) is 0. The summed E-state index contributed by atoms with van der Waals surface area (Å²) in [5, 5.41) is 6.47. The maximum atomic E-state index is 3.72. The number of rotatable bonds is 1. The van der Waals surface area contributed by atoms with Crippen LogP contribution in [0.4, 0.5) is 0 Å². The average molecular weight is 159 g/mol. The number of aromatic nitrogens is 2. The van der Waals surface area contributed by atoms with Gasteiger partial charge in [-0.1, -0.05) is 0 Å². The molecule has 0 spiro atoms. The van der Waals surface area contributed by atoms with E-state index in [0.717, 1.165) is 5.69 Å². The third kappa shape index (κ3) is 0.981. The standard InChI is InChI=1S/C4H4N2Se/c7-3-4-1-2-5-6-4/h1-3H,(H,5,6). The molecule has 36 valence electrons. The Balaban J connectivity index is 2.96. The van der Waals surface area contributed by atoms with Crippen LogP contribution in [0.2, 0.25) is 0 Å². The summed E-state index contributed by atoms with van der Waals surface area (Å²) in [6.07, 6.45) is 1.71. The summed E-state index contributed by atoms with van der Waals surface area (Å²) in [7, 11) is 0. The van der Waals surface area contributed by atoms with Gasteiger partial charge in [-0.15, -0.1) is 0 Å². The summed E-state index contributed by atoms with van der Waals surface area (Å²) >= 11 is 2.75. The van der Waals surface area contributed by atoms with E-state index in [4.69, 9.17) is 0 Å². The Morgan fingerprint density at radius 2 is 2.71 bits per heavy atom. The molecule has 1 N–H and O–H groups in total. The molecule has 3 heteroatoms. The molecule has 0 radical (unpaired) electrons. The van der Waals surface area contributed by atoms with Gasteiger partial charge in [-0.05, 0) is 0 Å². The van der Waals surface area contributed by atoms with Crippen molar-refractivity contribution in [3.63, 3.8) is 0 Å². The van der Waals surface area contributed by atoms with Crippen molar-refractivity contribution in [3.05, 3.63) is 18.0 Å². The molecule has 1 heterocycles. The van der Waals surface area contributed by atoms with Gasteiger partial charge >= 0.3 is 48.7 Å². The topological polar surface area (TPSA) is 28.7 Å². The molecule has 0 saturated heterocycles. The van der Waals surface area contributed by atoms with Crippen LogP contribution in [0.25, 0.3) is 0 Å². The predicted molar refractivity (Wildman–Crippen MR) is 29.5 cm³/mol. The van der Waals surface area contributed by atoms with Crippen molar-refractivity contribution in [3.8, 4) is 0 Å². The number of hydrogen-bond donors (Lipinski definition) is 1. The third-order valence-corrected chi connectivity index (χ3v) is 1.18. The Morgan fingerprint density at radius 3 is 3.00 bits per heavy atom. The molecular weight excluding hydrogens is 155 g/mol. The van der Waals surface area contributed by atoms with E-state index >= 15 is 0 Å². The van der Waals surface area contributed by atoms with Crippen LogP contribution in [0.15, 0.2) is 12.3 Å². The second-order valence-corrected chi connectivity index (χ2v) is 1.62. The monoisotopic (exact) mass is 160 g/mol. The van der Waals surface area contributed by atoms with Gasteiger partial charge in [0.05, 0.1) is 0 Å². The van der Waals surface area contributed by atoms with Gasteiger partial charge in [0, 0.05) is 0 Å². The summed E-state index contributed by atoms with van der Waals surface area (Å²) in [6, 6.07) is 1.89. The maximum absolute atomic E-state index is 3.72. The van der Waals surface area contributed by atoms with Gasteiger partial charge in [-0.3, -0.25) is 0 Å². The zero-order valence-corrected chi connectivity index (χ0v) is 5.30. The molecule has 0 bridgehead atoms. The van der Waals surface area contributed by atoms with Gasteiger partial charge in [0.2, 0.25) is 0 Å². The SMILES string of the molecule is [Se]=Cc1ccn[nH]1. The zero-order chi connectivity index (χ0) is 5.11. The molecule has 0 aliphatic rings. The molecule has 0 fully saturated rings. The number of aromatic amines is 1. The molecule has 0 amide bonds. The zero-order valence-electron chi connectivity index (χ0n) is 3.59. The van der Waals surface area contributed by atoms with Gasteiger partial charge in [-0.2, -0.15) is 0 Å². The first-order chi connectivity index (χ1) is 3.43. The fourth-order valence-corrected chi connectivity index (χ4v) is 0.608. The summed E-state index contributed by atoms with van der Waals surface area (Å²) in [4.78, 5) is 1.84. The Kier molecular flexibility index (Phi) is 1.39. The number of H-pyrrole nitrogens is 1. The van der Waals surface area contributed by atoms with E-state index in [1.165, 1.54) is 0 Å². The molecular formula is C4H4N2Se. The Labute approximate surface area is 49.3 Å². The molecule has 0 saturated carbocycles. The van der Waals surface area contributed by atoms with Crippen LogP contribution in [-0.2, 0) is 0 Å². The Morgan fingerprint density at radius 1 is 1.86 bits per heavy atom. The Hall–Kier alpha value is -0.401. The summed E-state index contributed by atoms with van der Waals surface area (Å²) in [6.45, 7) is 0. The van der Waals surface area contributed by atoms with Crippen molar-refractivity contribution < 1.29 is 0 Å². The molecule has 7 heavy (non-hydrogen) atoms. The van der Waals surface area contributed by atoms with Crippen molar-refractivity contribution in [2.75, 3.05) is 0 Å². The van der Waals surface area contributed by atoms with Crippen LogP contribution >= 0.6 is 0 Å². The van der Waals surface area contributed by atoms with E-state index in [9.17, 15) is 0 Å². The second-order valence-electron chi connectivity index (χ2n) is 1.13. The van der Waals surface area contributed by atoms with Crippen molar-refractivity contribution in [1.29, 1.82) is 0 Å². The summed E-state index contributed by atoms with van der Waals surface area (Å²) in [5.41, 5.74) is 1.01. The van der Waals surface area contributed by atoms with E-state index in [2.05, 4.69) is 25.8 Å².